The highest BCUT2D eigenvalue weighted by Crippen LogP contribution is 2.58. The van der Waals surface area contributed by atoms with Crippen LogP contribution in [0.1, 0.15) is 27.8 Å². The number of non-ortho nitro benzene ring substituents is 1. The summed E-state index contributed by atoms with van der Waals surface area (Å²) in [5, 5.41) is 44.7. The maximum Gasteiger partial charge on any atom is 0.339 e. The van der Waals surface area contributed by atoms with Crippen LogP contribution in [0, 0.1) is 34.1 Å². The second-order valence-electron chi connectivity index (χ2n) is 11.1. The Labute approximate surface area is 322 Å². The molecule has 0 spiro atoms. The van der Waals surface area contributed by atoms with E-state index in [1.165, 1.54) is 36.4 Å². The van der Waals surface area contributed by atoms with Gasteiger partial charge in [0, 0.05) is 31.0 Å². The summed E-state index contributed by atoms with van der Waals surface area (Å²) in [7, 11) is -9.60. The molecule has 0 fully saturated rings. The molecule has 5 aromatic rings. The fourth-order valence-electron chi connectivity index (χ4n) is 5.72. The van der Waals surface area contributed by atoms with Crippen LogP contribution in [0.15, 0.2) is 88.3 Å². The molecule has 5 aromatic carbocycles. The number of hydrogen-bond acceptors (Lipinski definition) is 12. The van der Waals surface area contributed by atoms with Crippen LogP contribution in [-0.4, -0.2) is 36.9 Å². The third-order valence-corrected chi connectivity index (χ3v) is 14.4. The van der Waals surface area contributed by atoms with E-state index in [0.717, 1.165) is 18.2 Å². The highest BCUT2D eigenvalue weighted by atomic mass is 79.9. The van der Waals surface area contributed by atoms with E-state index in [-0.39, 0.29) is 35.9 Å². The summed E-state index contributed by atoms with van der Waals surface area (Å²) < 4.78 is 68.3. The van der Waals surface area contributed by atoms with Gasteiger partial charge in [-0.15, -0.1) is 0 Å². The molecular weight excluding hydrogens is 976 g/mol. The first kappa shape index (κ1) is 37.1. The van der Waals surface area contributed by atoms with E-state index in [4.69, 9.17) is 8.37 Å². The first-order valence-corrected chi connectivity index (χ1v) is 20.0. The summed E-state index contributed by atoms with van der Waals surface area (Å²) in [6.07, 6.45) is 0. The monoisotopic (exact) mass is 990 g/mol. The minimum atomic E-state index is -5.02. The van der Waals surface area contributed by atoms with Crippen molar-refractivity contribution in [2.75, 3.05) is 0 Å². The first-order chi connectivity index (χ1) is 23.7. The molecule has 14 nitrogen and oxygen atoms in total. The average Bonchev–Trinajstić information content (AvgIpc) is 3.32. The van der Waals surface area contributed by atoms with E-state index in [1.807, 2.05) is 0 Å². The van der Waals surface area contributed by atoms with Crippen molar-refractivity contribution in [1.29, 1.82) is 0 Å². The summed E-state index contributed by atoms with van der Waals surface area (Å²) in [5.41, 5.74) is -3.47. The smallest absolute Gasteiger partial charge is 0.339 e. The average molecular weight is 994 g/mol. The standard InChI is InChI=1S/C31H18Br4N2O12S2/c1-13-21(32)10-19(29(39)26(13)34)31(18-5-3-4-6-25(18)51(46,47)49-31)20-11-22(33)14(2)27(35)30(20)48-50(44,45)15-7-8-16-17(9-15)28(38)24(37(42)43)12-23(16)36(40)41/h3-12,38-39H,1-2H3. The lowest BCUT2D eigenvalue weighted by Gasteiger charge is -2.33. The van der Waals surface area contributed by atoms with Crippen LogP contribution in [0.4, 0.5) is 11.4 Å². The molecule has 1 unspecified atom stereocenters. The van der Waals surface area contributed by atoms with Gasteiger partial charge in [0.2, 0.25) is 5.75 Å². The van der Waals surface area contributed by atoms with E-state index < -0.39 is 74.6 Å². The number of nitrogens with zero attached hydrogens (tertiary/aromatic N) is 2. The molecule has 1 aliphatic heterocycles. The molecule has 51 heavy (non-hydrogen) atoms. The van der Waals surface area contributed by atoms with Crippen LogP contribution in [-0.2, 0) is 30.0 Å². The van der Waals surface area contributed by atoms with E-state index in [2.05, 4.69) is 63.7 Å². The zero-order chi connectivity index (χ0) is 37.5. The van der Waals surface area contributed by atoms with Gasteiger partial charge in [-0.25, -0.2) is 4.18 Å². The Morgan fingerprint density at radius 1 is 0.765 bits per heavy atom. The SMILES string of the molecule is Cc1c(Br)cc(C2(c3cc(Br)c(C)c(Br)c3OS(=O)(=O)c3ccc4c([N+](=O)[O-])cc([N+](=O)[O-])c(O)c4c3)OS(=O)(=O)c3ccccc32)c(O)c1Br. The zero-order valence-electron chi connectivity index (χ0n) is 25.5. The number of fused-ring (bicyclic) bond motifs is 2. The van der Waals surface area contributed by atoms with Crippen molar-refractivity contribution in [3.8, 4) is 17.2 Å². The Hall–Kier alpha value is -3.66. The predicted molar refractivity (Wildman–Crippen MR) is 196 cm³/mol. The molecule has 264 valence electrons. The molecular formula is C31H18Br4N2O12S2. The fraction of sp³-hybridized carbons (Fsp3) is 0.0968. The molecule has 1 aliphatic rings. The summed E-state index contributed by atoms with van der Waals surface area (Å²) in [4.78, 5) is 20.4. The van der Waals surface area contributed by atoms with Crippen molar-refractivity contribution in [3.05, 3.63) is 127 Å². The summed E-state index contributed by atoms with van der Waals surface area (Å²) in [5.74, 6) is -1.94. The summed E-state index contributed by atoms with van der Waals surface area (Å²) >= 11 is 13.6. The van der Waals surface area contributed by atoms with E-state index in [9.17, 15) is 47.3 Å². The van der Waals surface area contributed by atoms with Crippen LogP contribution in [0.25, 0.3) is 10.8 Å². The number of hydrogen-bond donors (Lipinski definition) is 2. The van der Waals surface area contributed by atoms with Gasteiger partial charge in [-0.05, 0) is 93.2 Å². The molecule has 1 heterocycles. The maximum atomic E-state index is 14.1. The Balaban J connectivity index is 1.67. The van der Waals surface area contributed by atoms with Crippen molar-refractivity contribution >= 4 is 106 Å². The number of nitro groups is 2. The molecule has 1 atom stereocenters. The van der Waals surface area contributed by atoms with Crippen molar-refractivity contribution in [1.82, 2.24) is 0 Å². The molecule has 0 bridgehead atoms. The van der Waals surface area contributed by atoms with Crippen LogP contribution in [0.5, 0.6) is 17.2 Å². The summed E-state index contributed by atoms with van der Waals surface area (Å²) in [6, 6.07) is 11.8. The van der Waals surface area contributed by atoms with Gasteiger partial charge in [0.1, 0.15) is 15.5 Å². The highest BCUT2D eigenvalue weighted by Gasteiger charge is 2.55. The molecule has 0 saturated heterocycles. The zero-order valence-corrected chi connectivity index (χ0v) is 33.5. The minimum Gasteiger partial charge on any atom is -0.506 e. The van der Waals surface area contributed by atoms with Gasteiger partial charge < -0.3 is 14.4 Å². The largest absolute Gasteiger partial charge is 0.506 e. The lowest BCUT2D eigenvalue weighted by molar-refractivity contribution is -0.393. The molecule has 0 saturated carbocycles. The number of rotatable bonds is 7. The molecule has 0 aliphatic carbocycles. The Kier molecular flexibility index (Phi) is 9.30. The van der Waals surface area contributed by atoms with Crippen molar-refractivity contribution in [2.45, 2.75) is 29.2 Å². The van der Waals surface area contributed by atoms with Gasteiger partial charge in [0.05, 0.1) is 30.2 Å². The quantitative estimate of drug-likeness (QED) is 0.0892. The maximum absolute atomic E-state index is 14.1. The molecule has 0 aromatic heterocycles. The van der Waals surface area contributed by atoms with Crippen molar-refractivity contribution in [3.63, 3.8) is 0 Å². The van der Waals surface area contributed by atoms with Crippen LogP contribution >= 0.6 is 63.7 Å². The molecule has 6 rings (SSSR count). The predicted octanol–water partition coefficient (Wildman–Crippen LogP) is 8.51. The van der Waals surface area contributed by atoms with E-state index in [0.29, 0.717) is 26.1 Å². The van der Waals surface area contributed by atoms with Crippen LogP contribution in [0.3, 0.4) is 0 Å². The fourth-order valence-corrected chi connectivity index (χ4v) is 10.6. The Morgan fingerprint density at radius 2 is 1.35 bits per heavy atom. The third kappa shape index (κ3) is 5.80. The van der Waals surface area contributed by atoms with Crippen molar-refractivity contribution in [2.24, 2.45) is 0 Å². The van der Waals surface area contributed by atoms with Gasteiger partial charge in [-0.3, -0.25) is 20.2 Å². The molecule has 20 heteroatoms. The number of aromatic hydroxyl groups is 2. The first-order valence-electron chi connectivity index (χ1n) is 14.0. The Bertz CT molecular complexity index is 2640. The summed E-state index contributed by atoms with van der Waals surface area (Å²) in [6.45, 7) is 3.27. The van der Waals surface area contributed by atoms with Gasteiger partial charge in [-0.2, -0.15) is 16.8 Å². The second-order valence-corrected chi connectivity index (χ2v) is 17.5. The number of phenolic OH excluding ortho intramolecular Hbond substituents is 2. The third-order valence-electron chi connectivity index (χ3n) is 8.27. The molecule has 0 radical (unpaired) electrons. The number of nitro benzene ring substituents is 2. The molecule has 0 amide bonds. The molecule has 2 N–H and O–H groups in total. The normalized spacial score (nSPS) is 16.6. The lowest BCUT2D eigenvalue weighted by Crippen LogP contribution is -2.31. The van der Waals surface area contributed by atoms with Gasteiger partial charge in [-0.1, -0.05) is 50.1 Å². The minimum absolute atomic E-state index is 0.00287. The number of halogens is 4. The van der Waals surface area contributed by atoms with Crippen LogP contribution in [0.2, 0.25) is 0 Å². The Morgan fingerprint density at radius 3 is 1.98 bits per heavy atom. The van der Waals surface area contributed by atoms with E-state index >= 15 is 0 Å². The topological polar surface area (TPSA) is 213 Å². The van der Waals surface area contributed by atoms with Crippen LogP contribution < -0.4 is 4.18 Å². The van der Waals surface area contributed by atoms with Gasteiger partial charge in [0.25, 0.3) is 15.8 Å². The number of benzene rings is 5. The van der Waals surface area contributed by atoms with Gasteiger partial charge >= 0.3 is 15.8 Å². The highest BCUT2D eigenvalue weighted by molar-refractivity contribution is 9.11. The second kappa shape index (κ2) is 12.8. The number of phenols is 2. The van der Waals surface area contributed by atoms with E-state index in [1.54, 1.807) is 13.8 Å². The van der Waals surface area contributed by atoms with Crippen molar-refractivity contribution < 1.29 is 45.3 Å². The van der Waals surface area contributed by atoms with Gasteiger partial charge in [0.15, 0.2) is 11.4 Å². The lowest BCUT2D eigenvalue weighted by atomic mass is 9.79.